The van der Waals surface area contributed by atoms with Gasteiger partial charge in [-0.2, -0.15) is 0 Å². The minimum absolute atomic E-state index is 0.412. The Morgan fingerprint density at radius 2 is 2.18 bits per heavy atom. The van der Waals surface area contributed by atoms with Gasteiger partial charge in [0.1, 0.15) is 5.60 Å². The Hall–Kier alpha value is -1.13. The van der Waals surface area contributed by atoms with Gasteiger partial charge in [0.25, 0.3) is 0 Å². The summed E-state index contributed by atoms with van der Waals surface area (Å²) in [4.78, 5) is 10.4. The predicted octanol–water partition coefficient (Wildman–Crippen LogP) is 3.33. The maximum atomic E-state index is 9.85. The first-order valence-electron chi connectivity index (χ1n) is 5.40. The van der Waals surface area contributed by atoms with Crippen molar-refractivity contribution in [3.8, 4) is 0 Å². The highest BCUT2D eigenvalue weighted by Gasteiger charge is 2.20. The Morgan fingerprint density at radius 3 is 2.71 bits per heavy atom. The van der Waals surface area contributed by atoms with Crippen molar-refractivity contribution in [1.29, 1.82) is 0 Å². The highest BCUT2D eigenvalue weighted by atomic mass is 32.2. The normalized spacial score (nSPS) is 12.6. The van der Waals surface area contributed by atoms with Crippen LogP contribution in [0.1, 0.15) is 39.2 Å². The third-order valence-corrected chi connectivity index (χ3v) is 3.19. The zero-order chi connectivity index (χ0) is 13.1. The molecule has 0 amide bonds. The first-order valence-corrected chi connectivity index (χ1v) is 6.22. The molecule has 0 atom stereocenters. The van der Waals surface area contributed by atoms with Gasteiger partial charge in [0.05, 0.1) is 5.69 Å². The van der Waals surface area contributed by atoms with Crippen molar-refractivity contribution in [3.05, 3.63) is 41.3 Å². The van der Waals surface area contributed by atoms with Crippen molar-refractivity contribution in [2.45, 2.75) is 33.3 Å². The van der Waals surface area contributed by atoms with Gasteiger partial charge >= 0.3 is 0 Å². The summed E-state index contributed by atoms with van der Waals surface area (Å²) in [6.07, 6.45) is 3.67. The first kappa shape index (κ1) is 13.9. The molecule has 0 radical (unpaired) electrons. The highest BCUT2D eigenvalue weighted by Crippen LogP contribution is 2.30. The Kier molecular flexibility index (Phi) is 4.48. The number of hydrogen-bond donors (Lipinski definition) is 1. The van der Waals surface area contributed by atoms with Gasteiger partial charge < -0.3 is 5.11 Å². The third kappa shape index (κ3) is 3.98. The van der Waals surface area contributed by atoms with Crippen molar-refractivity contribution < 1.29 is 5.11 Å². The maximum Gasteiger partial charge on any atom is 0.160 e. The van der Waals surface area contributed by atoms with E-state index in [1.165, 1.54) is 4.91 Å². The Balaban J connectivity index is 2.96. The second-order valence-electron chi connectivity index (χ2n) is 4.25. The van der Waals surface area contributed by atoms with Gasteiger partial charge in [-0.1, -0.05) is 24.4 Å². The number of aliphatic hydroxyl groups is 1. The molecule has 0 bridgehead atoms. The van der Waals surface area contributed by atoms with E-state index in [1.54, 1.807) is 37.9 Å². The highest BCUT2D eigenvalue weighted by molar-refractivity contribution is 8.11. The van der Waals surface area contributed by atoms with Crippen LogP contribution in [-0.2, 0) is 5.60 Å². The van der Waals surface area contributed by atoms with Crippen molar-refractivity contribution in [2.24, 2.45) is 0 Å². The fourth-order valence-corrected chi connectivity index (χ4v) is 1.84. The number of aromatic nitrogens is 2. The summed E-state index contributed by atoms with van der Waals surface area (Å²) in [5.41, 5.74) is -0.278. The van der Waals surface area contributed by atoms with E-state index in [-0.39, 0.29) is 0 Å². The van der Waals surface area contributed by atoms with Gasteiger partial charge in [0, 0.05) is 11.1 Å². The van der Waals surface area contributed by atoms with E-state index < -0.39 is 5.60 Å². The van der Waals surface area contributed by atoms with Gasteiger partial charge in [0.15, 0.2) is 5.82 Å². The van der Waals surface area contributed by atoms with Crippen LogP contribution in [0.3, 0.4) is 0 Å². The van der Waals surface area contributed by atoms with E-state index in [0.29, 0.717) is 5.82 Å². The maximum absolute atomic E-state index is 9.85. The van der Waals surface area contributed by atoms with Gasteiger partial charge in [-0.15, -0.1) is 0 Å². The van der Waals surface area contributed by atoms with E-state index in [2.05, 4.69) is 16.5 Å². The van der Waals surface area contributed by atoms with E-state index in [9.17, 15) is 5.11 Å². The average Bonchev–Trinajstić information content (AvgIpc) is 2.28. The molecule has 0 saturated carbocycles. The molecule has 0 aromatic carbocycles. The topological polar surface area (TPSA) is 46.0 Å². The molecule has 1 N–H and O–H groups in total. The molecule has 92 valence electrons. The van der Waals surface area contributed by atoms with Crippen LogP contribution in [0.2, 0.25) is 0 Å². The van der Waals surface area contributed by atoms with E-state index in [1.807, 2.05) is 19.9 Å². The van der Waals surface area contributed by atoms with Crippen molar-refractivity contribution in [2.75, 3.05) is 0 Å². The number of rotatable bonds is 4. The minimum Gasteiger partial charge on any atom is -0.382 e. The van der Waals surface area contributed by atoms with E-state index in [4.69, 9.17) is 0 Å². The van der Waals surface area contributed by atoms with Crippen LogP contribution in [-0.4, -0.2) is 15.1 Å². The van der Waals surface area contributed by atoms with Crippen LogP contribution < -0.4 is 0 Å². The predicted molar refractivity (Wildman–Crippen MR) is 73.3 cm³/mol. The van der Waals surface area contributed by atoms with Gasteiger partial charge in [-0.25, -0.2) is 9.97 Å². The van der Waals surface area contributed by atoms with Crippen molar-refractivity contribution in [1.82, 2.24) is 9.97 Å². The zero-order valence-electron chi connectivity index (χ0n) is 10.7. The van der Waals surface area contributed by atoms with Crippen LogP contribution in [0.4, 0.5) is 0 Å². The monoisotopic (exact) mass is 250 g/mol. The van der Waals surface area contributed by atoms with Crippen LogP contribution in [0, 0.1) is 0 Å². The Bertz CT molecular complexity index is 447. The average molecular weight is 250 g/mol. The summed E-state index contributed by atoms with van der Waals surface area (Å²) in [6.45, 7) is 11.3. The fourth-order valence-electron chi connectivity index (χ4n) is 1.11. The van der Waals surface area contributed by atoms with Crippen LogP contribution >= 0.6 is 11.8 Å². The molecule has 0 aliphatic rings. The standard InChI is InChI=1S/C13H18N2OS/c1-6-9(2)17-10(3)11-7-8-14-12(15-11)13(4,5)16/h6-8,16H,3H2,1-2,4-5H3/b9-6+. The lowest BCUT2D eigenvalue weighted by Gasteiger charge is -2.16. The third-order valence-electron chi connectivity index (χ3n) is 2.18. The molecule has 0 saturated heterocycles. The smallest absolute Gasteiger partial charge is 0.160 e. The molecule has 1 aromatic rings. The Labute approximate surface area is 107 Å². The summed E-state index contributed by atoms with van der Waals surface area (Å²) in [6, 6.07) is 1.80. The molecule has 4 heteroatoms. The molecule has 17 heavy (non-hydrogen) atoms. The molecule has 3 nitrogen and oxygen atoms in total. The van der Waals surface area contributed by atoms with E-state index in [0.717, 1.165) is 10.6 Å². The molecule has 0 unspecified atom stereocenters. The molecule has 1 rings (SSSR count). The molecular formula is C13H18N2OS. The van der Waals surface area contributed by atoms with Crippen LogP contribution in [0.5, 0.6) is 0 Å². The Morgan fingerprint density at radius 1 is 1.53 bits per heavy atom. The quantitative estimate of drug-likeness (QED) is 0.890. The summed E-state index contributed by atoms with van der Waals surface area (Å²) < 4.78 is 0. The second-order valence-corrected chi connectivity index (χ2v) is 5.59. The van der Waals surface area contributed by atoms with Gasteiger partial charge in [-0.3, -0.25) is 0 Å². The lowest BCUT2D eigenvalue weighted by Crippen LogP contribution is -2.19. The minimum atomic E-state index is -1.03. The molecule has 1 heterocycles. The summed E-state index contributed by atoms with van der Waals surface area (Å²) in [5.74, 6) is 0.412. The van der Waals surface area contributed by atoms with Crippen molar-refractivity contribution >= 4 is 16.7 Å². The number of hydrogen-bond acceptors (Lipinski definition) is 4. The first-order chi connectivity index (χ1) is 7.84. The lowest BCUT2D eigenvalue weighted by molar-refractivity contribution is 0.0686. The number of nitrogens with zero attached hydrogens (tertiary/aromatic N) is 2. The molecule has 0 fully saturated rings. The molecule has 0 spiro atoms. The van der Waals surface area contributed by atoms with Crippen LogP contribution in [0.25, 0.3) is 4.91 Å². The van der Waals surface area contributed by atoms with Crippen molar-refractivity contribution in [3.63, 3.8) is 0 Å². The van der Waals surface area contributed by atoms with Gasteiger partial charge in [-0.05, 0) is 38.7 Å². The van der Waals surface area contributed by atoms with Crippen LogP contribution in [0.15, 0.2) is 29.8 Å². The SMILES string of the molecule is C=C(S/C(C)=C/C)c1ccnc(C(C)(C)O)n1. The fraction of sp³-hybridized carbons (Fsp3) is 0.385. The number of thioether (sulfide) groups is 1. The molecular weight excluding hydrogens is 232 g/mol. The second kappa shape index (κ2) is 5.47. The molecule has 0 aliphatic carbocycles. The summed E-state index contributed by atoms with van der Waals surface area (Å²) in [5, 5.41) is 9.85. The largest absolute Gasteiger partial charge is 0.382 e. The number of allylic oxidation sites excluding steroid dienone is 2. The molecule has 1 aromatic heterocycles. The van der Waals surface area contributed by atoms with Gasteiger partial charge in [0.2, 0.25) is 0 Å². The van der Waals surface area contributed by atoms with E-state index >= 15 is 0 Å². The zero-order valence-corrected chi connectivity index (χ0v) is 11.5. The summed E-state index contributed by atoms with van der Waals surface area (Å²) in [7, 11) is 0. The summed E-state index contributed by atoms with van der Waals surface area (Å²) >= 11 is 1.57. The lowest BCUT2D eigenvalue weighted by atomic mass is 10.1. The molecule has 0 aliphatic heterocycles.